The van der Waals surface area contributed by atoms with E-state index in [1.165, 1.54) is 248 Å². The second-order valence-corrected chi connectivity index (χ2v) is 35.8. The van der Waals surface area contributed by atoms with E-state index in [1.807, 2.05) is 0 Å². The molecule has 0 aliphatic heterocycles. The first kappa shape index (κ1) is 90.0. The van der Waals surface area contributed by atoms with Gasteiger partial charge in [0.1, 0.15) is 17.2 Å². The van der Waals surface area contributed by atoms with Crippen LogP contribution in [0, 0.1) is 26.2 Å². The van der Waals surface area contributed by atoms with Gasteiger partial charge in [0, 0.05) is 16.5 Å². The molecular formula is C89H158O7P2. The summed E-state index contributed by atoms with van der Waals surface area (Å²) in [4.78, 5) is 43.3. The van der Waals surface area contributed by atoms with Gasteiger partial charge in [0.15, 0.2) is 0 Å². The Morgan fingerprint density at radius 3 is 0.796 bits per heavy atom. The Hall–Kier alpha value is -2.24. The molecule has 0 aliphatic rings. The van der Waals surface area contributed by atoms with Crippen molar-refractivity contribution in [2.75, 3.05) is 0 Å². The highest BCUT2D eigenvalue weighted by Crippen LogP contribution is 2.68. The van der Waals surface area contributed by atoms with Gasteiger partial charge in [-0.3, -0.25) is 0 Å². The minimum absolute atomic E-state index is 0.358. The SMILES string of the molecule is CCCCCCCCCCCCCC(C)(c1cc(C(C)(C)C)c(OP(O)O)cc1C)C(CCCCCCCCCCCCC)(CCCCCCCCCCCCC)C(CCCCCCCCCCCCC)(c1cc(C(C)(C)C)c(O)cc1C)c1cc(C(C)(C)C)c(OP(O)O)cc1C. The quantitative estimate of drug-likeness (QED) is 0.0282. The minimum Gasteiger partial charge on any atom is -0.508 e. The van der Waals surface area contributed by atoms with Crippen molar-refractivity contribution in [3.63, 3.8) is 0 Å². The number of aromatic hydroxyl groups is 1. The number of rotatable bonds is 57. The van der Waals surface area contributed by atoms with Gasteiger partial charge in [-0.25, -0.2) is 0 Å². The lowest BCUT2D eigenvalue weighted by atomic mass is 9.40. The summed E-state index contributed by atoms with van der Waals surface area (Å²) < 4.78 is 12.4. The van der Waals surface area contributed by atoms with E-state index in [0.717, 1.165) is 110 Å². The summed E-state index contributed by atoms with van der Waals surface area (Å²) in [5.41, 5.74) is 7.45. The predicted octanol–water partition coefficient (Wildman–Crippen LogP) is 29.4. The van der Waals surface area contributed by atoms with Crippen LogP contribution in [0.4, 0.5) is 0 Å². The summed E-state index contributed by atoms with van der Waals surface area (Å²) in [6.45, 7) is 39.2. The minimum atomic E-state index is -2.71. The zero-order chi connectivity index (χ0) is 72.7. The molecule has 2 unspecified atom stereocenters. The molecule has 0 saturated heterocycles. The van der Waals surface area contributed by atoms with Gasteiger partial charge < -0.3 is 33.7 Å². The van der Waals surface area contributed by atoms with E-state index in [9.17, 15) is 24.7 Å². The van der Waals surface area contributed by atoms with Crippen molar-refractivity contribution >= 4 is 17.2 Å². The van der Waals surface area contributed by atoms with E-state index < -0.39 is 44.3 Å². The highest BCUT2D eigenvalue weighted by Gasteiger charge is 2.62. The fourth-order valence-electron chi connectivity index (χ4n) is 17.4. The van der Waals surface area contributed by atoms with Gasteiger partial charge in [0.05, 0.1) is 0 Å². The van der Waals surface area contributed by atoms with E-state index in [4.69, 9.17) is 9.05 Å². The van der Waals surface area contributed by atoms with Crippen LogP contribution in [-0.2, 0) is 27.1 Å². The van der Waals surface area contributed by atoms with Crippen LogP contribution in [0.1, 0.15) is 455 Å². The van der Waals surface area contributed by atoms with Crippen molar-refractivity contribution in [3.05, 3.63) is 86.5 Å². The third kappa shape index (κ3) is 30.1. The predicted molar refractivity (Wildman–Crippen MR) is 430 cm³/mol. The zero-order valence-electron chi connectivity index (χ0n) is 67.4. The lowest BCUT2D eigenvalue weighted by molar-refractivity contribution is -0.000845. The Morgan fingerprint density at radius 2 is 0.510 bits per heavy atom. The molecule has 0 saturated carbocycles. The molecule has 0 fully saturated rings. The summed E-state index contributed by atoms with van der Waals surface area (Å²) in [7, 11) is -5.38. The van der Waals surface area contributed by atoms with Gasteiger partial charge >= 0.3 is 17.2 Å². The number of hydrogen-bond donors (Lipinski definition) is 5. The second kappa shape index (κ2) is 48.0. The monoisotopic (exact) mass is 1400 g/mol. The van der Waals surface area contributed by atoms with Crippen LogP contribution < -0.4 is 9.05 Å². The number of phenols is 1. The topological polar surface area (TPSA) is 120 Å². The first-order valence-electron chi connectivity index (χ1n) is 41.5. The highest BCUT2D eigenvalue weighted by atomic mass is 31.2. The van der Waals surface area contributed by atoms with Crippen molar-refractivity contribution in [2.45, 2.75) is 453 Å². The van der Waals surface area contributed by atoms with Crippen molar-refractivity contribution in [2.24, 2.45) is 5.41 Å². The highest BCUT2D eigenvalue weighted by molar-refractivity contribution is 7.40. The van der Waals surface area contributed by atoms with E-state index in [-0.39, 0.29) is 5.41 Å². The van der Waals surface area contributed by atoms with Crippen molar-refractivity contribution in [1.82, 2.24) is 0 Å². The Kier molecular flexibility index (Phi) is 44.1. The Morgan fingerprint density at radius 1 is 0.276 bits per heavy atom. The molecule has 7 nitrogen and oxygen atoms in total. The van der Waals surface area contributed by atoms with Crippen LogP contribution in [0.3, 0.4) is 0 Å². The van der Waals surface area contributed by atoms with E-state index in [2.05, 4.69) is 154 Å². The zero-order valence-corrected chi connectivity index (χ0v) is 69.1. The number of benzene rings is 3. The molecule has 98 heavy (non-hydrogen) atoms. The molecule has 0 radical (unpaired) electrons. The Balaban J connectivity index is 2.80. The first-order valence-corrected chi connectivity index (χ1v) is 43.8. The molecule has 0 spiro atoms. The normalized spacial score (nSPS) is 13.9. The number of unbranched alkanes of at least 4 members (excludes halogenated alkanes) is 40. The van der Waals surface area contributed by atoms with Gasteiger partial charge in [0.25, 0.3) is 0 Å². The molecule has 566 valence electrons. The van der Waals surface area contributed by atoms with Gasteiger partial charge in [-0.15, -0.1) is 0 Å². The average molecular weight is 1400 g/mol. The lowest BCUT2D eigenvalue weighted by Gasteiger charge is -2.63. The van der Waals surface area contributed by atoms with E-state index in [0.29, 0.717) is 17.2 Å². The summed E-state index contributed by atoms with van der Waals surface area (Å²) in [6.07, 6.45) is 59.6. The number of phenolic OH excluding ortho intramolecular Hbond substituents is 1. The molecule has 9 heteroatoms. The third-order valence-electron chi connectivity index (χ3n) is 23.0. The smallest absolute Gasteiger partial charge is 0.391 e. The molecule has 0 bridgehead atoms. The summed E-state index contributed by atoms with van der Waals surface area (Å²) in [6, 6.07) is 14.0. The molecule has 0 aliphatic carbocycles. The largest absolute Gasteiger partial charge is 0.508 e. The second-order valence-electron chi connectivity index (χ2n) is 34.4. The fraction of sp³-hybridized carbons (Fsp3) is 0.798. The maximum absolute atomic E-state index is 12.6. The van der Waals surface area contributed by atoms with E-state index in [1.54, 1.807) is 0 Å². The maximum Gasteiger partial charge on any atom is 0.391 e. The first-order chi connectivity index (χ1) is 46.6. The van der Waals surface area contributed by atoms with Crippen LogP contribution >= 0.6 is 17.2 Å². The lowest BCUT2D eigenvalue weighted by Crippen LogP contribution is -2.59. The van der Waals surface area contributed by atoms with Crippen LogP contribution in [-0.4, -0.2) is 24.7 Å². The molecule has 0 heterocycles. The molecule has 3 aromatic rings. The maximum atomic E-state index is 12.6. The Bertz CT molecular complexity index is 2540. The van der Waals surface area contributed by atoms with Crippen LogP contribution in [0.5, 0.6) is 17.2 Å². The molecular weight excluding hydrogens is 1240 g/mol. The summed E-state index contributed by atoms with van der Waals surface area (Å²) in [5.74, 6) is 1.45. The summed E-state index contributed by atoms with van der Waals surface area (Å²) in [5, 5.41) is 12.6. The molecule has 2 atom stereocenters. The third-order valence-corrected chi connectivity index (χ3v) is 23.7. The van der Waals surface area contributed by atoms with Crippen LogP contribution in [0.25, 0.3) is 0 Å². The molecule has 5 N–H and O–H groups in total. The molecule has 0 aromatic heterocycles. The van der Waals surface area contributed by atoms with E-state index >= 15 is 0 Å². The molecule has 3 rings (SSSR count). The molecule has 0 amide bonds. The number of aryl methyl sites for hydroxylation is 3. The standard InChI is InChI=1S/C89H158O7P2/c1-18-22-26-30-34-38-42-46-50-54-58-62-87(17,75-69-79(85(11,12)13)82(67-73(75)6)95-97(91)92)88(63-59-55-51-47-43-39-35-31-27-23-19-2,64-60-56-52-48-44-40-36-32-28-24-20-3)89(65-61-57-53-49-45-41-37-33-29-25-21-4,76-70-78(84(8,9)10)81(90)66-72(76)5)77-71-80(86(14,15)16)83(68-74(77)7)96-98(93)94/h66-71,90-94H,18-65H2,1-17H3. The van der Waals surface area contributed by atoms with Crippen molar-refractivity contribution < 1.29 is 33.7 Å². The average Bonchev–Trinajstić information content (AvgIpc) is 0.684. The van der Waals surface area contributed by atoms with Gasteiger partial charge in [-0.1, -0.05) is 398 Å². The van der Waals surface area contributed by atoms with Gasteiger partial charge in [-0.05, 0) is 131 Å². The van der Waals surface area contributed by atoms with Gasteiger partial charge in [0.2, 0.25) is 0 Å². The molecule has 3 aromatic carbocycles. The van der Waals surface area contributed by atoms with Gasteiger partial charge in [-0.2, -0.15) is 0 Å². The fourth-order valence-corrected chi connectivity index (χ4v) is 18.1. The van der Waals surface area contributed by atoms with Crippen molar-refractivity contribution in [3.8, 4) is 17.2 Å². The van der Waals surface area contributed by atoms with Crippen LogP contribution in [0.2, 0.25) is 0 Å². The summed E-state index contributed by atoms with van der Waals surface area (Å²) >= 11 is 0. The van der Waals surface area contributed by atoms with Crippen molar-refractivity contribution in [1.29, 1.82) is 0 Å². The Labute approximate surface area is 609 Å². The van der Waals surface area contributed by atoms with Crippen LogP contribution in [0.15, 0.2) is 36.4 Å². The number of hydrogen-bond acceptors (Lipinski definition) is 7.